The van der Waals surface area contributed by atoms with E-state index in [1.165, 1.54) is 36.4 Å². The average Bonchev–Trinajstić information content (AvgIpc) is 3.51. The van der Waals surface area contributed by atoms with Crippen molar-refractivity contribution in [2.24, 2.45) is 0 Å². The van der Waals surface area contributed by atoms with Gasteiger partial charge in [0.25, 0.3) is 0 Å². The van der Waals surface area contributed by atoms with Crippen molar-refractivity contribution >= 4 is 57.3 Å². The fraction of sp³-hybridized carbons (Fsp3) is 0.435. The summed E-state index contributed by atoms with van der Waals surface area (Å²) in [5, 5.41) is 14.5. The first-order chi connectivity index (χ1) is 16.8. The van der Waals surface area contributed by atoms with Crippen LogP contribution in [-0.2, 0) is 27.2 Å². The lowest BCUT2D eigenvalue weighted by Crippen LogP contribution is -2.16. The number of thiophene rings is 2. The van der Waals surface area contributed by atoms with E-state index in [0.29, 0.717) is 10.7 Å². The predicted molar refractivity (Wildman–Crippen MR) is 139 cm³/mol. The van der Waals surface area contributed by atoms with Crippen molar-refractivity contribution in [3.05, 3.63) is 31.8 Å². The Morgan fingerprint density at radius 2 is 1.83 bits per heavy atom. The molecule has 12 heteroatoms. The maximum Gasteiger partial charge on any atom is 0.348 e. The Balaban J connectivity index is 1.81. The van der Waals surface area contributed by atoms with E-state index in [-0.39, 0.29) is 27.1 Å². The number of rotatable bonds is 10. The molecule has 3 aromatic rings. The molecule has 0 spiro atoms. The van der Waals surface area contributed by atoms with E-state index in [2.05, 4.69) is 41.7 Å². The molecular weight excluding hydrogens is 508 g/mol. The number of amides is 1. The summed E-state index contributed by atoms with van der Waals surface area (Å²) in [5.41, 5.74) is 2.90. The van der Waals surface area contributed by atoms with Crippen LogP contribution < -0.4 is 5.32 Å². The Bertz CT molecular complexity index is 1240. The number of aromatic nitrogens is 3. The molecule has 3 rings (SSSR count). The number of methoxy groups -OCH3 is 2. The van der Waals surface area contributed by atoms with Crippen LogP contribution in [-0.4, -0.2) is 52.6 Å². The first-order valence-electron chi connectivity index (χ1n) is 11.0. The summed E-state index contributed by atoms with van der Waals surface area (Å²) < 4.78 is 11.7. The molecular formula is C23H28N4O5S3. The quantitative estimate of drug-likeness (QED) is 0.286. The number of carbonyl (C=O) groups is 3. The number of hydrogen-bond acceptors (Lipinski definition) is 10. The van der Waals surface area contributed by atoms with E-state index in [4.69, 9.17) is 9.47 Å². The van der Waals surface area contributed by atoms with Gasteiger partial charge in [0.2, 0.25) is 5.91 Å². The second-order valence-electron chi connectivity index (χ2n) is 7.58. The molecule has 0 atom stereocenters. The second-order valence-corrected chi connectivity index (χ2v) is 10.6. The predicted octanol–water partition coefficient (Wildman–Crippen LogP) is 4.96. The molecule has 0 radical (unpaired) electrons. The topological polar surface area (TPSA) is 112 Å². The smallest absolute Gasteiger partial charge is 0.348 e. The normalized spacial score (nSPS) is 10.9. The second kappa shape index (κ2) is 11.8. The third-order valence-electron chi connectivity index (χ3n) is 5.35. The van der Waals surface area contributed by atoms with Crippen LogP contribution in [0.2, 0.25) is 0 Å². The number of anilines is 1. The standard InChI is InChI=1S/C23H28N4O5S3/c1-7-9-27-19(15-10-33-13(4)14(15)8-2)25-26-23(27)34-11-16(28)24-20-17(21(29)31-5)12(3)18(35-20)22(30)32-6/h10H,7-9,11H2,1-6H3,(H,24,28). The molecule has 1 amide bonds. The highest BCUT2D eigenvalue weighted by Gasteiger charge is 2.27. The molecule has 0 fully saturated rings. The van der Waals surface area contributed by atoms with Crippen molar-refractivity contribution < 1.29 is 23.9 Å². The van der Waals surface area contributed by atoms with E-state index in [9.17, 15) is 14.4 Å². The van der Waals surface area contributed by atoms with E-state index in [1.807, 2.05) is 4.57 Å². The monoisotopic (exact) mass is 536 g/mol. The van der Waals surface area contributed by atoms with Crippen LogP contribution >= 0.6 is 34.4 Å². The molecule has 0 aliphatic heterocycles. The number of hydrogen-bond donors (Lipinski definition) is 1. The summed E-state index contributed by atoms with van der Waals surface area (Å²) in [6.07, 6.45) is 1.80. The van der Waals surface area contributed by atoms with Crippen LogP contribution in [0.4, 0.5) is 5.00 Å². The maximum absolute atomic E-state index is 12.8. The third-order valence-corrected chi connectivity index (χ3v) is 8.46. The lowest BCUT2D eigenvalue weighted by molar-refractivity contribution is -0.113. The van der Waals surface area contributed by atoms with Crippen LogP contribution in [0.25, 0.3) is 11.4 Å². The van der Waals surface area contributed by atoms with Gasteiger partial charge in [-0.05, 0) is 37.8 Å². The van der Waals surface area contributed by atoms with E-state index in [0.717, 1.165) is 42.1 Å². The highest BCUT2D eigenvalue weighted by atomic mass is 32.2. The molecule has 0 saturated carbocycles. The van der Waals surface area contributed by atoms with Crippen molar-refractivity contribution in [2.45, 2.75) is 52.2 Å². The van der Waals surface area contributed by atoms with E-state index >= 15 is 0 Å². The van der Waals surface area contributed by atoms with Crippen molar-refractivity contribution in [2.75, 3.05) is 25.3 Å². The molecule has 1 N–H and O–H groups in total. The number of carbonyl (C=O) groups excluding carboxylic acids is 3. The maximum atomic E-state index is 12.8. The molecule has 0 aliphatic rings. The van der Waals surface area contributed by atoms with Gasteiger partial charge in [-0.15, -0.1) is 32.9 Å². The molecule has 0 bridgehead atoms. The minimum Gasteiger partial charge on any atom is -0.465 e. The summed E-state index contributed by atoms with van der Waals surface area (Å²) in [6.45, 7) is 8.65. The molecule has 0 unspecified atom stereocenters. The van der Waals surface area contributed by atoms with Gasteiger partial charge in [-0.25, -0.2) is 9.59 Å². The van der Waals surface area contributed by atoms with Gasteiger partial charge in [-0.1, -0.05) is 25.6 Å². The minimum absolute atomic E-state index is 0.0519. The Kier molecular flexibility index (Phi) is 9.09. The fourth-order valence-electron chi connectivity index (χ4n) is 3.66. The highest BCUT2D eigenvalue weighted by molar-refractivity contribution is 7.99. The Morgan fingerprint density at radius 3 is 2.46 bits per heavy atom. The summed E-state index contributed by atoms with van der Waals surface area (Å²) in [7, 11) is 2.51. The summed E-state index contributed by atoms with van der Waals surface area (Å²) in [4.78, 5) is 38.7. The van der Waals surface area contributed by atoms with Crippen molar-refractivity contribution in [1.82, 2.24) is 14.8 Å². The van der Waals surface area contributed by atoms with Gasteiger partial charge in [0.15, 0.2) is 11.0 Å². The zero-order chi connectivity index (χ0) is 25.7. The van der Waals surface area contributed by atoms with Gasteiger partial charge in [0.05, 0.1) is 25.5 Å². The van der Waals surface area contributed by atoms with Crippen molar-refractivity contribution in [3.63, 3.8) is 0 Å². The number of ether oxygens (including phenoxy) is 2. The highest BCUT2D eigenvalue weighted by Crippen LogP contribution is 2.35. The average molecular weight is 537 g/mol. The first kappa shape index (κ1) is 26.9. The lowest BCUT2D eigenvalue weighted by Gasteiger charge is -2.10. The molecule has 3 aromatic heterocycles. The van der Waals surface area contributed by atoms with Crippen LogP contribution in [0.15, 0.2) is 10.5 Å². The Labute approximate surface area is 216 Å². The SMILES string of the molecule is CCCn1c(SCC(=O)Nc2sc(C(=O)OC)c(C)c2C(=O)OC)nnc1-c1csc(C)c1CC. The molecule has 0 saturated heterocycles. The zero-order valence-corrected chi connectivity index (χ0v) is 23.0. The number of esters is 2. The molecule has 188 valence electrons. The van der Waals surface area contributed by atoms with Gasteiger partial charge in [0.1, 0.15) is 9.88 Å². The molecule has 9 nitrogen and oxygen atoms in total. The van der Waals surface area contributed by atoms with Crippen LogP contribution in [0.5, 0.6) is 0 Å². The van der Waals surface area contributed by atoms with E-state index in [1.54, 1.807) is 18.3 Å². The molecule has 3 heterocycles. The van der Waals surface area contributed by atoms with Crippen molar-refractivity contribution in [3.8, 4) is 11.4 Å². The number of aryl methyl sites for hydroxylation is 1. The first-order valence-corrected chi connectivity index (χ1v) is 13.7. The zero-order valence-electron chi connectivity index (χ0n) is 20.5. The van der Waals surface area contributed by atoms with Crippen LogP contribution in [0.3, 0.4) is 0 Å². The van der Waals surface area contributed by atoms with Crippen molar-refractivity contribution in [1.29, 1.82) is 0 Å². The summed E-state index contributed by atoms with van der Waals surface area (Å²) >= 11 is 3.95. The lowest BCUT2D eigenvalue weighted by atomic mass is 10.1. The number of thioether (sulfide) groups is 1. The fourth-order valence-corrected chi connectivity index (χ4v) is 6.49. The molecule has 0 aromatic carbocycles. The number of nitrogens with one attached hydrogen (secondary N) is 1. The van der Waals surface area contributed by atoms with Gasteiger partial charge in [-0.2, -0.15) is 0 Å². The summed E-state index contributed by atoms with van der Waals surface area (Å²) in [6, 6.07) is 0. The Hall–Kier alpha value is -2.70. The summed E-state index contributed by atoms with van der Waals surface area (Å²) in [5.74, 6) is -0.701. The number of nitrogens with zero attached hydrogens (tertiary/aromatic N) is 3. The van der Waals surface area contributed by atoms with Gasteiger partial charge < -0.3 is 19.4 Å². The Morgan fingerprint density at radius 1 is 1.11 bits per heavy atom. The van der Waals surface area contributed by atoms with Gasteiger partial charge in [-0.3, -0.25) is 4.79 Å². The van der Waals surface area contributed by atoms with Crippen LogP contribution in [0, 0.1) is 13.8 Å². The molecule has 0 aliphatic carbocycles. The largest absolute Gasteiger partial charge is 0.465 e. The third kappa shape index (κ3) is 5.60. The van der Waals surface area contributed by atoms with Crippen LogP contribution in [0.1, 0.15) is 56.3 Å². The minimum atomic E-state index is -0.637. The van der Waals surface area contributed by atoms with E-state index < -0.39 is 11.9 Å². The molecule has 35 heavy (non-hydrogen) atoms. The van der Waals surface area contributed by atoms with Gasteiger partial charge >= 0.3 is 11.9 Å². The van der Waals surface area contributed by atoms with Gasteiger partial charge in [0, 0.05) is 22.4 Å².